The van der Waals surface area contributed by atoms with Gasteiger partial charge in [-0.05, 0) is 32.2 Å². The molecule has 80 valence electrons. The summed E-state index contributed by atoms with van der Waals surface area (Å²) in [5.74, 6) is 6.78. The minimum absolute atomic E-state index is 0.521. The van der Waals surface area contributed by atoms with Crippen molar-refractivity contribution >= 4 is 0 Å². The van der Waals surface area contributed by atoms with Crippen molar-refractivity contribution in [2.45, 2.75) is 39.2 Å². The molecule has 0 amide bonds. The van der Waals surface area contributed by atoms with E-state index in [1.165, 1.54) is 12.8 Å². The molecule has 0 aliphatic carbocycles. The van der Waals surface area contributed by atoms with E-state index in [4.69, 9.17) is 4.74 Å². The van der Waals surface area contributed by atoms with Crippen LogP contribution < -0.4 is 5.32 Å². The lowest BCUT2D eigenvalue weighted by Gasteiger charge is -2.29. The smallest absolute Gasteiger partial charge is 0.0509 e. The third kappa shape index (κ3) is 3.69. The van der Waals surface area contributed by atoms with Crippen LogP contribution in [0.15, 0.2) is 0 Å². The molecule has 1 rings (SSSR count). The Hall–Kier alpha value is -0.520. The Kier molecular flexibility index (Phi) is 5.66. The lowest BCUT2D eigenvalue weighted by molar-refractivity contribution is 0.0403. The van der Waals surface area contributed by atoms with Crippen LogP contribution in [0.1, 0.15) is 33.1 Å². The number of rotatable bonds is 4. The molecule has 1 heterocycles. The Morgan fingerprint density at radius 3 is 3.00 bits per heavy atom. The summed E-state index contributed by atoms with van der Waals surface area (Å²) < 4.78 is 5.50. The molecule has 0 aromatic rings. The summed E-state index contributed by atoms with van der Waals surface area (Å²) in [6.07, 6.45) is 3.44. The van der Waals surface area contributed by atoms with Crippen molar-refractivity contribution in [2.24, 2.45) is 5.92 Å². The Morgan fingerprint density at radius 2 is 2.43 bits per heavy atom. The maximum atomic E-state index is 5.50. The molecule has 0 saturated carbocycles. The zero-order chi connectivity index (χ0) is 10.2. The molecule has 1 saturated heterocycles. The second-order valence-electron chi connectivity index (χ2n) is 3.77. The molecular formula is C12H21NO. The predicted octanol–water partition coefficient (Wildman–Crippen LogP) is 1.80. The average Bonchev–Trinajstić information content (AvgIpc) is 2.25. The normalized spacial score (nSPS) is 23.7. The van der Waals surface area contributed by atoms with Crippen molar-refractivity contribution in [3.05, 3.63) is 0 Å². The summed E-state index contributed by atoms with van der Waals surface area (Å²) in [5, 5.41) is 3.50. The average molecular weight is 195 g/mol. The van der Waals surface area contributed by atoms with Gasteiger partial charge in [0.25, 0.3) is 0 Å². The van der Waals surface area contributed by atoms with Gasteiger partial charge in [-0.15, -0.1) is 11.8 Å². The first-order chi connectivity index (χ1) is 6.88. The molecule has 0 aromatic carbocycles. The molecule has 1 N–H and O–H groups in total. The first kappa shape index (κ1) is 11.6. The van der Waals surface area contributed by atoms with E-state index < -0.39 is 0 Å². The van der Waals surface area contributed by atoms with E-state index in [9.17, 15) is 0 Å². The highest BCUT2D eigenvalue weighted by atomic mass is 16.5. The SMILES string of the molecule is CC#CCC(NCC)C1CCCOC1. The third-order valence-corrected chi connectivity index (χ3v) is 2.73. The van der Waals surface area contributed by atoms with E-state index in [0.29, 0.717) is 12.0 Å². The van der Waals surface area contributed by atoms with E-state index in [2.05, 4.69) is 24.1 Å². The number of hydrogen-bond acceptors (Lipinski definition) is 2. The minimum Gasteiger partial charge on any atom is -0.381 e. The number of ether oxygens (including phenoxy) is 1. The molecule has 14 heavy (non-hydrogen) atoms. The van der Waals surface area contributed by atoms with Gasteiger partial charge in [-0.25, -0.2) is 0 Å². The summed E-state index contributed by atoms with van der Waals surface area (Å²) in [5.41, 5.74) is 0. The van der Waals surface area contributed by atoms with Crippen LogP contribution in [0.3, 0.4) is 0 Å². The predicted molar refractivity (Wildman–Crippen MR) is 59.1 cm³/mol. The van der Waals surface area contributed by atoms with Crippen molar-refractivity contribution in [1.29, 1.82) is 0 Å². The summed E-state index contributed by atoms with van der Waals surface area (Å²) in [6, 6.07) is 0.521. The minimum atomic E-state index is 0.521. The molecule has 1 fully saturated rings. The highest BCUT2D eigenvalue weighted by Gasteiger charge is 2.22. The van der Waals surface area contributed by atoms with Crippen LogP contribution in [-0.4, -0.2) is 25.8 Å². The van der Waals surface area contributed by atoms with Gasteiger partial charge in [-0.2, -0.15) is 0 Å². The second kappa shape index (κ2) is 6.86. The van der Waals surface area contributed by atoms with Crippen molar-refractivity contribution in [2.75, 3.05) is 19.8 Å². The van der Waals surface area contributed by atoms with Gasteiger partial charge in [-0.3, -0.25) is 0 Å². The maximum absolute atomic E-state index is 5.50. The van der Waals surface area contributed by atoms with Gasteiger partial charge >= 0.3 is 0 Å². The van der Waals surface area contributed by atoms with Crippen molar-refractivity contribution in [3.63, 3.8) is 0 Å². The quantitative estimate of drug-likeness (QED) is 0.691. The summed E-state index contributed by atoms with van der Waals surface area (Å²) in [6.45, 7) is 6.92. The zero-order valence-corrected chi connectivity index (χ0v) is 9.31. The Morgan fingerprint density at radius 1 is 1.57 bits per heavy atom. The van der Waals surface area contributed by atoms with Gasteiger partial charge in [0.2, 0.25) is 0 Å². The zero-order valence-electron chi connectivity index (χ0n) is 9.31. The Labute approximate surface area is 87.4 Å². The number of hydrogen-bond donors (Lipinski definition) is 1. The van der Waals surface area contributed by atoms with Crippen molar-refractivity contribution in [3.8, 4) is 11.8 Å². The molecule has 2 nitrogen and oxygen atoms in total. The third-order valence-electron chi connectivity index (χ3n) is 2.73. The topological polar surface area (TPSA) is 21.3 Å². The number of nitrogens with one attached hydrogen (secondary N) is 1. The molecule has 1 aliphatic heterocycles. The molecule has 2 unspecified atom stereocenters. The fourth-order valence-corrected chi connectivity index (χ4v) is 1.96. The highest BCUT2D eigenvalue weighted by molar-refractivity contribution is 4.99. The van der Waals surface area contributed by atoms with Gasteiger partial charge in [0.15, 0.2) is 0 Å². The molecular weight excluding hydrogens is 174 g/mol. The van der Waals surface area contributed by atoms with Crippen LogP contribution in [0.2, 0.25) is 0 Å². The lowest BCUT2D eigenvalue weighted by Crippen LogP contribution is -2.39. The first-order valence-corrected chi connectivity index (χ1v) is 5.59. The summed E-state index contributed by atoms with van der Waals surface area (Å²) in [4.78, 5) is 0. The molecule has 2 heteroatoms. The van der Waals surface area contributed by atoms with E-state index in [1.807, 2.05) is 6.92 Å². The van der Waals surface area contributed by atoms with Crippen LogP contribution in [0.5, 0.6) is 0 Å². The van der Waals surface area contributed by atoms with Gasteiger partial charge in [0.05, 0.1) is 6.61 Å². The highest BCUT2D eigenvalue weighted by Crippen LogP contribution is 2.19. The van der Waals surface area contributed by atoms with Crippen LogP contribution in [0, 0.1) is 17.8 Å². The van der Waals surface area contributed by atoms with E-state index in [1.54, 1.807) is 0 Å². The molecule has 0 spiro atoms. The van der Waals surface area contributed by atoms with Crippen molar-refractivity contribution < 1.29 is 4.74 Å². The largest absolute Gasteiger partial charge is 0.381 e. The first-order valence-electron chi connectivity index (χ1n) is 5.59. The molecule has 0 aromatic heterocycles. The van der Waals surface area contributed by atoms with Gasteiger partial charge < -0.3 is 10.1 Å². The molecule has 2 atom stereocenters. The van der Waals surface area contributed by atoms with Gasteiger partial charge in [0, 0.05) is 19.1 Å². The maximum Gasteiger partial charge on any atom is 0.0509 e. The van der Waals surface area contributed by atoms with Gasteiger partial charge in [-0.1, -0.05) is 6.92 Å². The monoisotopic (exact) mass is 195 g/mol. The van der Waals surface area contributed by atoms with Crippen LogP contribution in [0.25, 0.3) is 0 Å². The lowest BCUT2D eigenvalue weighted by atomic mass is 9.91. The second-order valence-corrected chi connectivity index (χ2v) is 3.77. The van der Waals surface area contributed by atoms with Crippen molar-refractivity contribution in [1.82, 2.24) is 5.32 Å². The van der Waals surface area contributed by atoms with E-state index >= 15 is 0 Å². The fourth-order valence-electron chi connectivity index (χ4n) is 1.96. The standard InChI is InChI=1S/C12H21NO/c1-3-5-8-12(13-4-2)11-7-6-9-14-10-11/h11-13H,4,6-10H2,1-2H3. The van der Waals surface area contributed by atoms with Crippen LogP contribution in [-0.2, 0) is 4.74 Å². The van der Waals surface area contributed by atoms with Gasteiger partial charge in [0.1, 0.15) is 0 Å². The van der Waals surface area contributed by atoms with Crippen LogP contribution in [0.4, 0.5) is 0 Å². The Bertz CT molecular complexity index is 198. The van der Waals surface area contributed by atoms with E-state index in [-0.39, 0.29) is 0 Å². The summed E-state index contributed by atoms with van der Waals surface area (Å²) in [7, 11) is 0. The Balaban J connectivity index is 2.40. The molecule has 0 radical (unpaired) electrons. The van der Waals surface area contributed by atoms with Crippen LogP contribution >= 0.6 is 0 Å². The fraction of sp³-hybridized carbons (Fsp3) is 0.833. The molecule has 0 bridgehead atoms. The summed E-state index contributed by atoms with van der Waals surface area (Å²) >= 11 is 0. The molecule has 1 aliphatic rings. The van der Waals surface area contributed by atoms with E-state index in [0.717, 1.165) is 26.2 Å².